The van der Waals surface area contributed by atoms with E-state index in [0.717, 1.165) is 24.6 Å². The van der Waals surface area contributed by atoms with Gasteiger partial charge in [-0.1, -0.05) is 74.2 Å². The fraction of sp³-hybridized carbons (Fsp3) is 0.938. The van der Waals surface area contributed by atoms with Crippen molar-refractivity contribution in [1.29, 1.82) is 0 Å². The minimum absolute atomic E-state index is 0.0273. The van der Waals surface area contributed by atoms with E-state index in [0.29, 0.717) is 13.0 Å². The lowest BCUT2D eigenvalue weighted by Crippen LogP contribution is -2.05. The molecule has 0 fully saturated rings. The van der Waals surface area contributed by atoms with E-state index < -0.39 is 0 Å². The predicted octanol–water partition coefficient (Wildman–Crippen LogP) is 5.63. The number of halogens is 1. The minimum atomic E-state index is -0.0273. The van der Waals surface area contributed by atoms with Crippen molar-refractivity contribution in [2.24, 2.45) is 0 Å². The van der Waals surface area contributed by atoms with E-state index in [4.69, 9.17) is 4.74 Å². The van der Waals surface area contributed by atoms with Gasteiger partial charge in [-0.15, -0.1) is 0 Å². The molecule has 0 saturated carbocycles. The first-order valence-corrected chi connectivity index (χ1v) is 9.15. The summed E-state index contributed by atoms with van der Waals surface area (Å²) in [5.41, 5.74) is 0. The first kappa shape index (κ1) is 18.9. The molecule has 114 valence electrons. The number of carbonyl (C=O) groups excluding carboxylic acids is 1. The second kappa shape index (κ2) is 16.0. The minimum Gasteiger partial charge on any atom is -0.466 e. The van der Waals surface area contributed by atoms with Crippen LogP contribution >= 0.6 is 15.9 Å². The number of esters is 1. The van der Waals surface area contributed by atoms with Crippen LogP contribution in [0.4, 0.5) is 0 Å². The van der Waals surface area contributed by atoms with Crippen LogP contribution in [0.15, 0.2) is 0 Å². The topological polar surface area (TPSA) is 26.3 Å². The SMILES string of the molecule is CCCCCCCCCCCOC(=O)CCCCBr. The van der Waals surface area contributed by atoms with Crippen molar-refractivity contribution in [1.82, 2.24) is 0 Å². The fourth-order valence-electron chi connectivity index (χ4n) is 2.03. The smallest absolute Gasteiger partial charge is 0.305 e. The van der Waals surface area contributed by atoms with E-state index in [2.05, 4.69) is 22.9 Å². The fourth-order valence-corrected chi connectivity index (χ4v) is 2.43. The Bertz CT molecular complexity index is 195. The van der Waals surface area contributed by atoms with Crippen molar-refractivity contribution >= 4 is 21.9 Å². The van der Waals surface area contributed by atoms with E-state index in [9.17, 15) is 4.79 Å². The number of hydrogen-bond donors (Lipinski definition) is 0. The molecule has 2 nitrogen and oxygen atoms in total. The van der Waals surface area contributed by atoms with Gasteiger partial charge >= 0.3 is 5.97 Å². The average Bonchev–Trinajstić information content (AvgIpc) is 2.41. The maximum atomic E-state index is 11.3. The van der Waals surface area contributed by atoms with Gasteiger partial charge in [-0.25, -0.2) is 0 Å². The summed E-state index contributed by atoms with van der Waals surface area (Å²) in [5.74, 6) is -0.0273. The third-order valence-corrected chi connectivity index (χ3v) is 3.84. The molecule has 0 unspecified atom stereocenters. The zero-order valence-electron chi connectivity index (χ0n) is 12.6. The maximum Gasteiger partial charge on any atom is 0.305 e. The standard InChI is InChI=1S/C16H31BrO2/c1-2-3-4-5-6-7-8-9-12-15-19-16(18)13-10-11-14-17/h2-15H2,1H3. The molecule has 0 rings (SSSR count). The summed E-state index contributed by atoms with van der Waals surface area (Å²) >= 11 is 3.35. The van der Waals surface area contributed by atoms with Crippen LogP contribution in [0.5, 0.6) is 0 Å². The van der Waals surface area contributed by atoms with Crippen molar-refractivity contribution < 1.29 is 9.53 Å². The van der Waals surface area contributed by atoms with Gasteiger partial charge in [0.2, 0.25) is 0 Å². The summed E-state index contributed by atoms with van der Waals surface area (Å²) in [4.78, 5) is 11.3. The molecule has 0 aromatic rings. The molecule has 0 saturated heterocycles. The van der Waals surface area contributed by atoms with Crippen molar-refractivity contribution in [3.8, 4) is 0 Å². The van der Waals surface area contributed by atoms with Crippen LogP contribution in [0.3, 0.4) is 0 Å². The Balaban J connectivity index is 3.07. The van der Waals surface area contributed by atoms with Gasteiger partial charge in [0.05, 0.1) is 6.61 Å². The van der Waals surface area contributed by atoms with E-state index in [1.54, 1.807) is 0 Å². The number of unbranched alkanes of at least 4 members (excludes halogenated alkanes) is 9. The molecule has 3 heteroatoms. The molecular formula is C16H31BrO2. The summed E-state index contributed by atoms with van der Waals surface area (Å²) in [6, 6.07) is 0. The summed E-state index contributed by atoms with van der Waals surface area (Å²) in [5, 5.41) is 0.971. The first-order valence-electron chi connectivity index (χ1n) is 8.02. The summed E-state index contributed by atoms with van der Waals surface area (Å²) in [6.45, 7) is 2.87. The molecule has 0 heterocycles. The summed E-state index contributed by atoms with van der Waals surface area (Å²) in [7, 11) is 0. The van der Waals surface area contributed by atoms with Gasteiger partial charge in [-0.3, -0.25) is 4.79 Å². The second-order valence-electron chi connectivity index (χ2n) is 5.19. The van der Waals surface area contributed by atoms with Gasteiger partial charge in [-0.2, -0.15) is 0 Å². The first-order chi connectivity index (χ1) is 9.31. The quantitative estimate of drug-likeness (QED) is 0.234. The van der Waals surface area contributed by atoms with Gasteiger partial charge in [0.1, 0.15) is 0 Å². The molecule has 0 amide bonds. The molecule has 0 aliphatic carbocycles. The van der Waals surface area contributed by atoms with Crippen molar-refractivity contribution in [3.05, 3.63) is 0 Å². The lowest BCUT2D eigenvalue weighted by molar-refractivity contribution is -0.143. The molecule has 0 radical (unpaired) electrons. The van der Waals surface area contributed by atoms with Crippen molar-refractivity contribution in [2.45, 2.75) is 84.0 Å². The molecule has 0 atom stereocenters. The summed E-state index contributed by atoms with van der Waals surface area (Å²) in [6.07, 6.45) is 14.2. The molecule has 0 aromatic carbocycles. The third kappa shape index (κ3) is 15.9. The maximum absolute atomic E-state index is 11.3. The molecule has 0 N–H and O–H groups in total. The molecule has 0 aliphatic rings. The van der Waals surface area contributed by atoms with Crippen LogP contribution in [-0.4, -0.2) is 17.9 Å². The van der Waals surface area contributed by atoms with E-state index >= 15 is 0 Å². The Kier molecular flexibility index (Phi) is 16.0. The van der Waals surface area contributed by atoms with Crippen LogP contribution in [0.2, 0.25) is 0 Å². The highest BCUT2D eigenvalue weighted by atomic mass is 79.9. The zero-order valence-corrected chi connectivity index (χ0v) is 14.2. The summed E-state index contributed by atoms with van der Waals surface area (Å²) < 4.78 is 5.19. The van der Waals surface area contributed by atoms with Gasteiger partial charge in [0.15, 0.2) is 0 Å². The Labute approximate surface area is 127 Å². The monoisotopic (exact) mass is 334 g/mol. The van der Waals surface area contributed by atoms with E-state index in [-0.39, 0.29) is 5.97 Å². The Morgan fingerprint density at radius 3 is 2.00 bits per heavy atom. The van der Waals surface area contributed by atoms with Gasteiger partial charge in [-0.05, 0) is 19.3 Å². The molecule has 0 spiro atoms. The van der Waals surface area contributed by atoms with Crippen molar-refractivity contribution in [2.75, 3.05) is 11.9 Å². The van der Waals surface area contributed by atoms with Gasteiger partial charge < -0.3 is 4.74 Å². The molecular weight excluding hydrogens is 304 g/mol. The van der Waals surface area contributed by atoms with Crippen molar-refractivity contribution in [3.63, 3.8) is 0 Å². The third-order valence-electron chi connectivity index (χ3n) is 3.28. The molecule has 0 aliphatic heterocycles. The number of alkyl halides is 1. The normalized spacial score (nSPS) is 10.6. The average molecular weight is 335 g/mol. The Hall–Kier alpha value is -0.0500. The Morgan fingerprint density at radius 2 is 1.42 bits per heavy atom. The molecule has 19 heavy (non-hydrogen) atoms. The number of ether oxygens (including phenoxy) is 1. The predicted molar refractivity (Wildman–Crippen MR) is 85.8 cm³/mol. The van der Waals surface area contributed by atoms with Crippen LogP contribution < -0.4 is 0 Å². The Morgan fingerprint density at radius 1 is 0.842 bits per heavy atom. The number of carbonyl (C=O) groups is 1. The van der Waals surface area contributed by atoms with E-state index in [1.807, 2.05) is 0 Å². The molecule has 0 aromatic heterocycles. The highest BCUT2D eigenvalue weighted by molar-refractivity contribution is 9.09. The van der Waals surface area contributed by atoms with Crippen LogP contribution in [0.1, 0.15) is 84.0 Å². The van der Waals surface area contributed by atoms with Crippen LogP contribution in [-0.2, 0) is 9.53 Å². The van der Waals surface area contributed by atoms with Crippen LogP contribution in [0.25, 0.3) is 0 Å². The second-order valence-corrected chi connectivity index (χ2v) is 5.99. The molecule has 0 bridgehead atoms. The van der Waals surface area contributed by atoms with Gasteiger partial charge in [0, 0.05) is 11.8 Å². The lowest BCUT2D eigenvalue weighted by Gasteiger charge is -2.04. The van der Waals surface area contributed by atoms with Gasteiger partial charge in [0.25, 0.3) is 0 Å². The van der Waals surface area contributed by atoms with Crippen LogP contribution in [0, 0.1) is 0 Å². The van der Waals surface area contributed by atoms with E-state index in [1.165, 1.54) is 51.4 Å². The highest BCUT2D eigenvalue weighted by Gasteiger charge is 2.01. The highest BCUT2D eigenvalue weighted by Crippen LogP contribution is 2.09. The zero-order chi connectivity index (χ0) is 14.2. The lowest BCUT2D eigenvalue weighted by atomic mass is 10.1. The largest absolute Gasteiger partial charge is 0.466 e. The number of rotatable bonds is 14. The number of hydrogen-bond acceptors (Lipinski definition) is 2.